The molecule has 0 aliphatic carbocycles. The van der Waals surface area contributed by atoms with E-state index < -0.39 is 0 Å². The normalized spacial score (nSPS) is 15.2. The SMILES string of the molecule is Cc1cnc(N2CCN(C(=O)c3cc(C)oc3C)CC2)nc1. The third-order valence-corrected chi connectivity index (χ3v) is 3.89. The molecule has 1 aliphatic rings. The Morgan fingerprint density at radius 3 is 2.27 bits per heavy atom. The summed E-state index contributed by atoms with van der Waals surface area (Å²) in [4.78, 5) is 25.2. The van der Waals surface area contributed by atoms with Crippen LogP contribution in [0.2, 0.25) is 0 Å². The van der Waals surface area contributed by atoms with E-state index in [9.17, 15) is 4.79 Å². The molecule has 2 aromatic rings. The van der Waals surface area contributed by atoms with Gasteiger partial charge in [-0.05, 0) is 32.4 Å². The molecule has 0 radical (unpaired) electrons. The van der Waals surface area contributed by atoms with Gasteiger partial charge in [0.25, 0.3) is 5.91 Å². The molecular weight excluding hydrogens is 280 g/mol. The van der Waals surface area contributed by atoms with Gasteiger partial charge in [-0.1, -0.05) is 0 Å². The fourth-order valence-electron chi connectivity index (χ4n) is 2.67. The number of carbonyl (C=O) groups is 1. The van der Waals surface area contributed by atoms with Crippen LogP contribution in [0, 0.1) is 20.8 Å². The highest BCUT2D eigenvalue weighted by Gasteiger charge is 2.25. The maximum Gasteiger partial charge on any atom is 0.257 e. The number of amides is 1. The van der Waals surface area contributed by atoms with E-state index in [1.54, 1.807) is 0 Å². The minimum atomic E-state index is 0.0406. The van der Waals surface area contributed by atoms with Gasteiger partial charge in [-0.3, -0.25) is 4.79 Å². The Morgan fingerprint density at radius 2 is 1.73 bits per heavy atom. The third kappa shape index (κ3) is 2.81. The molecular formula is C16H20N4O2. The third-order valence-electron chi connectivity index (χ3n) is 3.89. The average Bonchev–Trinajstić information content (AvgIpc) is 2.86. The number of hydrogen-bond acceptors (Lipinski definition) is 5. The number of hydrogen-bond donors (Lipinski definition) is 0. The summed E-state index contributed by atoms with van der Waals surface area (Å²) in [7, 11) is 0. The van der Waals surface area contributed by atoms with Crippen molar-refractivity contribution in [3.63, 3.8) is 0 Å². The molecule has 0 N–H and O–H groups in total. The number of rotatable bonds is 2. The maximum absolute atomic E-state index is 12.5. The van der Waals surface area contributed by atoms with Crippen LogP contribution in [0.4, 0.5) is 5.95 Å². The van der Waals surface area contributed by atoms with E-state index in [0.717, 1.165) is 30.4 Å². The van der Waals surface area contributed by atoms with Crippen molar-refractivity contribution in [2.45, 2.75) is 20.8 Å². The highest BCUT2D eigenvalue weighted by molar-refractivity contribution is 5.95. The molecule has 1 aliphatic heterocycles. The molecule has 0 saturated carbocycles. The van der Waals surface area contributed by atoms with E-state index in [4.69, 9.17) is 4.42 Å². The predicted molar refractivity (Wildman–Crippen MR) is 83.1 cm³/mol. The maximum atomic E-state index is 12.5. The van der Waals surface area contributed by atoms with E-state index in [1.807, 2.05) is 44.1 Å². The van der Waals surface area contributed by atoms with Crippen molar-refractivity contribution in [2.75, 3.05) is 31.1 Å². The van der Waals surface area contributed by atoms with Gasteiger partial charge in [-0.15, -0.1) is 0 Å². The highest BCUT2D eigenvalue weighted by Crippen LogP contribution is 2.18. The quantitative estimate of drug-likeness (QED) is 0.848. The molecule has 22 heavy (non-hydrogen) atoms. The number of nitrogens with zero attached hydrogens (tertiary/aromatic N) is 4. The lowest BCUT2D eigenvalue weighted by molar-refractivity contribution is 0.0744. The predicted octanol–water partition coefficient (Wildman–Crippen LogP) is 1.96. The van der Waals surface area contributed by atoms with Gasteiger partial charge < -0.3 is 14.2 Å². The van der Waals surface area contributed by atoms with E-state index in [-0.39, 0.29) is 5.91 Å². The molecule has 1 saturated heterocycles. The molecule has 0 bridgehead atoms. The Morgan fingerprint density at radius 1 is 1.09 bits per heavy atom. The summed E-state index contributed by atoms with van der Waals surface area (Å²) in [5.74, 6) is 2.23. The van der Waals surface area contributed by atoms with Gasteiger partial charge in [0, 0.05) is 38.6 Å². The number of aryl methyl sites for hydroxylation is 3. The van der Waals surface area contributed by atoms with Gasteiger partial charge in [0.2, 0.25) is 5.95 Å². The molecule has 1 fully saturated rings. The van der Waals surface area contributed by atoms with E-state index in [0.29, 0.717) is 24.4 Å². The monoisotopic (exact) mass is 300 g/mol. The molecule has 6 nitrogen and oxygen atoms in total. The molecule has 0 unspecified atom stereocenters. The van der Waals surface area contributed by atoms with Crippen LogP contribution in [0.5, 0.6) is 0 Å². The van der Waals surface area contributed by atoms with Gasteiger partial charge in [0.05, 0.1) is 5.56 Å². The van der Waals surface area contributed by atoms with Crippen LogP contribution in [-0.2, 0) is 0 Å². The molecule has 2 aromatic heterocycles. The van der Waals surface area contributed by atoms with Gasteiger partial charge in [0.15, 0.2) is 0 Å². The van der Waals surface area contributed by atoms with Crippen molar-refractivity contribution in [2.24, 2.45) is 0 Å². The first-order valence-corrected chi connectivity index (χ1v) is 7.44. The first kappa shape index (κ1) is 14.6. The smallest absolute Gasteiger partial charge is 0.257 e. The lowest BCUT2D eigenvalue weighted by Crippen LogP contribution is -2.49. The Kier molecular flexibility index (Phi) is 3.83. The minimum absolute atomic E-state index is 0.0406. The molecule has 3 rings (SSSR count). The summed E-state index contributed by atoms with van der Waals surface area (Å²) in [5.41, 5.74) is 1.71. The molecule has 116 valence electrons. The van der Waals surface area contributed by atoms with Crippen molar-refractivity contribution in [1.82, 2.24) is 14.9 Å². The van der Waals surface area contributed by atoms with E-state index >= 15 is 0 Å². The molecule has 3 heterocycles. The van der Waals surface area contributed by atoms with Gasteiger partial charge >= 0.3 is 0 Å². The van der Waals surface area contributed by atoms with Crippen molar-refractivity contribution >= 4 is 11.9 Å². The second-order valence-electron chi connectivity index (χ2n) is 5.67. The lowest BCUT2D eigenvalue weighted by atomic mass is 10.2. The Balaban J connectivity index is 1.65. The van der Waals surface area contributed by atoms with Crippen molar-refractivity contribution in [3.8, 4) is 0 Å². The molecule has 0 aromatic carbocycles. The summed E-state index contributed by atoms with van der Waals surface area (Å²) >= 11 is 0. The van der Waals surface area contributed by atoms with Crippen molar-refractivity contribution in [3.05, 3.63) is 41.1 Å². The Hall–Kier alpha value is -2.37. The number of anilines is 1. The number of carbonyl (C=O) groups excluding carboxylic acids is 1. The first-order valence-electron chi connectivity index (χ1n) is 7.44. The summed E-state index contributed by atoms with van der Waals surface area (Å²) in [6.45, 7) is 8.47. The summed E-state index contributed by atoms with van der Waals surface area (Å²) in [5, 5.41) is 0. The Labute approximate surface area is 129 Å². The zero-order valence-electron chi connectivity index (χ0n) is 13.2. The Bertz CT molecular complexity index is 670. The van der Waals surface area contributed by atoms with Crippen LogP contribution in [-0.4, -0.2) is 47.0 Å². The fraction of sp³-hybridized carbons (Fsp3) is 0.438. The highest BCUT2D eigenvalue weighted by atomic mass is 16.3. The fourth-order valence-corrected chi connectivity index (χ4v) is 2.67. The van der Waals surface area contributed by atoms with Gasteiger partial charge in [-0.25, -0.2) is 9.97 Å². The largest absolute Gasteiger partial charge is 0.466 e. The lowest BCUT2D eigenvalue weighted by Gasteiger charge is -2.34. The molecule has 0 spiro atoms. The van der Waals surface area contributed by atoms with Crippen LogP contribution in [0.3, 0.4) is 0 Å². The van der Waals surface area contributed by atoms with Crippen molar-refractivity contribution < 1.29 is 9.21 Å². The van der Waals surface area contributed by atoms with Crippen LogP contribution in [0.15, 0.2) is 22.9 Å². The molecule has 6 heteroatoms. The summed E-state index contributed by atoms with van der Waals surface area (Å²) in [6, 6.07) is 1.81. The standard InChI is InChI=1S/C16H20N4O2/c1-11-9-17-16(18-10-11)20-6-4-19(5-7-20)15(21)14-8-12(2)22-13(14)3/h8-10H,4-7H2,1-3H3. The van der Waals surface area contributed by atoms with Gasteiger partial charge in [-0.2, -0.15) is 0 Å². The van der Waals surface area contributed by atoms with Crippen LogP contribution in [0.25, 0.3) is 0 Å². The van der Waals surface area contributed by atoms with Crippen LogP contribution < -0.4 is 4.90 Å². The van der Waals surface area contributed by atoms with Gasteiger partial charge in [0.1, 0.15) is 11.5 Å². The number of furan rings is 1. The molecule has 0 atom stereocenters. The zero-order valence-corrected chi connectivity index (χ0v) is 13.2. The second-order valence-corrected chi connectivity index (χ2v) is 5.67. The van der Waals surface area contributed by atoms with E-state index in [1.165, 1.54) is 0 Å². The topological polar surface area (TPSA) is 62.5 Å². The van der Waals surface area contributed by atoms with Crippen LogP contribution >= 0.6 is 0 Å². The van der Waals surface area contributed by atoms with Crippen LogP contribution in [0.1, 0.15) is 27.4 Å². The zero-order chi connectivity index (χ0) is 15.7. The number of aromatic nitrogens is 2. The van der Waals surface area contributed by atoms with E-state index in [2.05, 4.69) is 14.9 Å². The first-order chi connectivity index (χ1) is 10.5. The molecule has 1 amide bonds. The average molecular weight is 300 g/mol. The van der Waals surface area contributed by atoms with Crippen molar-refractivity contribution in [1.29, 1.82) is 0 Å². The summed E-state index contributed by atoms with van der Waals surface area (Å²) in [6.07, 6.45) is 3.63. The number of piperazine rings is 1. The minimum Gasteiger partial charge on any atom is -0.466 e. The summed E-state index contributed by atoms with van der Waals surface area (Å²) < 4.78 is 5.45. The second kappa shape index (κ2) is 5.79.